The summed E-state index contributed by atoms with van der Waals surface area (Å²) in [6.45, 7) is 10.4. The maximum Gasteiger partial charge on any atom is 0.130 e. The molecule has 3 heteroatoms. The molecule has 0 amide bonds. The third kappa shape index (κ3) is 1.68. The first-order chi connectivity index (χ1) is 6.55. The molecule has 1 fully saturated rings. The third-order valence-corrected chi connectivity index (χ3v) is 3.44. The Morgan fingerprint density at radius 2 is 2.07 bits per heavy atom. The minimum atomic E-state index is 0.186. The van der Waals surface area contributed by atoms with Gasteiger partial charge in [-0.25, -0.2) is 4.68 Å². The van der Waals surface area contributed by atoms with E-state index in [1.54, 1.807) is 0 Å². The summed E-state index contributed by atoms with van der Waals surface area (Å²) in [6, 6.07) is 0. The molecule has 0 N–H and O–H groups in total. The van der Waals surface area contributed by atoms with Crippen molar-refractivity contribution in [2.75, 3.05) is 0 Å². The van der Waals surface area contributed by atoms with Crippen LogP contribution in [0, 0.1) is 12.8 Å². The first kappa shape index (κ1) is 11.6. The molecule has 2 rings (SSSR count). The lowest BCUT2D eigenvalue weighted by molar-refractivity contribution is 0.439. The van der Waals surface area contributed by atoms with E-state index in [0.717, 1.165) is 10.7 Å². The van der Waals surface area contributed by atoms with Crippen LogP contribution in [0.25, 0.3) is 0 Å². The fraction of sp³-hybridized carbons (Fsp3) is 0.727. The molecule has 0 bridgehead atoms. The predicted molar refractivity (Wildman–Crippen MR) is 60.8 cm³/mol. The van der Waals surface area contributed by atoms with Crippen LogP contribution in [0.4, 0.5) is 0 Å². The van der Waals surface area contributed by atoms with Gasteiger partial charge in [0.2, 0.25) is 0 Å². The Labute approximate surface area is 91.3 Å². The molecule has 2 nitrogen and oxygen atoms in total. The van der Waals surface area contributed by atoms with Gasteiger partial charge in [0, 0.05) is 5.56 Å². The lowest BCUT2D eigenvalue weighted by atomic mass is 10.2. The minimum absolute atomic E-state index is 0.186. The van der Waals surface area contributed by atoms with Crippen LogP contribution in [0.5, 0.6) is 0 Å². The monoisotopic (exact) mass is 214 g/mol. The van der Waals surface area contributed by atoms with Crippen molar-refractivity contribution >= 4 is 11.6 Å². The van der Waals surface area contributed by atoms with Crippen molar-refractivity contribution in [3.63, 3.8) is 0 Å². The van der Waals surface area contributed by atoms with Gasteiger partial charge in [0.1, 0.15) is 5.15 Å². The molecular formula is C11H19ClN2. The Morgan fingerprint density at radius 1 is 1.57 bits per heavy atom. The molecule has 0 spiro atoms. The van der Waals surface area contributed by atoms with E-state index < -0.39 is 0 Å². The fourth-order valence-electron chi connectivity index (χ4n) is 1.63. The molecule has 1 saturated carbocycles. The number of hydrogen-bond donors (Lipinski definition) is 0. The normalized spacial score (nSPS) is 29.4. The molecule has 1 aliphatic rings. The first-order valence-electron chi connectivity index (χ1n) is 5.26. The zero-order chi connectivity index (χ0) is 10.9. The number of rotatable bonds is 1. The van der Waals surface area contributed by atoms with Crippen molar-refractivity contribution in [1.82, 2.24) is 9.78 Å². The Morgan fingerprint density at radius 3 is 2.36 bits per heavy atom. The zero-order valence-corrected chi connectivity index (χ0v) is 10.4. The number of halogens is 1. The van der Waals surface area contributed by atoms with Crippen molar-refractivity contribution in [3.8, 4) is 0 Å². The number of hydrogen-bond acceptors (Lipinski definition) is 1. The average molecular weight is 215 g/mol. The van der Waals surface area contributed by atoms with Gasteiger partial charge >= 0.3 is 0 Å². The van der Waals surface area contributed by atoms with Crippen molar-refractivity contribution in [2.24, 2.45) is 5.92 Å². The quantitative estimate of drug-likeness (QED) is 0.698. The Balaban J connectivity index is 0.000000461. The first-order valence-corrected chi connectivity index (χ1v) is 5.64. The van der Waals surface area contributed by atoms with Gasteiger partial charge in [0.25, 0.3) is 0 Å². The van der Waals surface area contributed by atoms with E-state index in [1.165, 1.54) is 6.42 Å². The Bertz CT molecular complexity index is 319. The van der Waals surface area contributed by atoms with Crippen LogP contribution in [0.1, 0.15) is 39.7 Å². The van der Waals surface area contributed by atoms with Crippen LogP contribution in [0.3, 0.4) is 0 Å². The highest BCUT2D eigenvalue weighted by Gasteiger charge is 2.50. The van der Waals surface area contributed by atoms with Gasteiger partial charge in [0.15, 0.2) is 0 Å². The number of aryl methyl sites for hydroxylation is 1. The minimum Gasteiger partial charge on any atom is -0.248 e. The highest BCUT2D eigenvalue weighted by Crippen LogP contribution is 2.50. The van der Waals surface area contributed by atoms with Crippen LogP contribution in [0.15, 0.2) is 6.20 Å². The Hall–Kier alpha value is -0.500. The fourth-order valence-corrected chi connectivity index (χ4v) is 1.91. The summed E-state index contributed by atoms with van der Waals surface area (Å²) in [6.07, 6.45) is 3.02. The van der Waals surface area contributed by atoms with Crippen molar-refractivity contribution < 1.29 is 0 Å². The topological polar surface area (TPSA) is 17.8 Å². The van der Waals surface area contributed by atoms with E-state index >= 15 is 0 Å². The maximum absolute atomic E-state index is 6.10. The van der Waals surface area contributed by atoms with Gasteiger partial charge in [-0.05, 0) is 26.2 Å². The molecule has 1 aromatic rings. The predicted octanol–water partition coefficient (Wildman–Crippen LogP) is 3.63. The molecule has 0 aromatic carbocycles. The molecule has 0 saturated heterocycles. The van der Waals surface area contributed by atoms with Crippen molar-refractivity contribution in [3.05, 3.63) is 16.9 Å². The van der Waals surface area contributed by atoms with Crippen LogP contribution in [0.2, 0.25) is 5.15 Å². The molecule has 1 aliphatic carbocycles. The number of aromatic nitrogens is 2. The molecular weight excluding hydrogens is 196 g/mol. The molecule has 0 aliphatic heterocycles. The van der Waals surface area contributed by atoms with E-state index in [2.05, 4.69) is 18.9 Å². The largest absolute Gasteiger partial charge is 0.248 e. The second kappa shape index (κ2) is 3.93. The van der Waals surface area contributed by atoms with Gasteiger partial charge in [-0.3, -0.25) is 0 Å². The van der Waals surface area contributed by atoms with Crippen LogP contribution >= 0.6 is 11.6 Å². The van der Waals surface area contributed by atoms with E-state index in [-0.39, 0.29) is 5.54 Å². The van der Waals surface area contributed by atoms with E-state index in [1.807, 2.05) is 31.6 Å². The van der Waals surface area contributed by atoms with Gasteiger partial charge < -0.3 is 0 Å². The van der Waals surface area contributed by atoms with Crippen molar-refractivity contribution in [2.45, 2.75) is 46.6 Å². The summed E-state index contributed by atoms with van der Waals surface area (Å²) in [5.74, 6) is 0.703. The van der Waals surface area contributed by atoms with Crippen LogP contribution in [-0.4, -0.2) is 9.78 Å². The summed E-state index contributed by atoms with van der Waals surface area (Å²) < 4.78 is 1.95. The lowest BCUT2D eigenvalue weighted by Crippen LogP contribution is -2.16. The van der Waals surface area contributed by atoms with Gasteiger partial charge in [-0.2, -0.15) is 5.10 Å². The van der Waals surface area contributed by atoms with Crippen LogP contribution in [-0.2, 0) is 5.54 Å². The molecule has 2 atom stereocenters. The highest BCUT2D eigenvalue weighted by molar-refractivity contribution is 6.30. The molecule has 0 radical (unpaired) electrons. The van der Waals surface area contributed by atoms with E-state index in [9.17, 15) is 0 Å². The summed E-state index contributed by atoms with van der Waals surface area (Å²) in [4.78, 5) is 0. The average Bonchev–Trinajstić information content (AvgIpc) is 2.63. The van der Waals surface area contributed by atoms with Gasteiger partial charge in [0.05, 0.1) is 11.7 Å². The summed E-state index contributed by atoms with van der Waals surface area (Å²) in [5.41, 5.74) is 1.25. The SMILES string of the molecule is CC.Cc1cnn(C2(C)CC2C)c1Cl. The second-order valence-corrected chi connectivity index (χ2v) is 4.35. The summed E-state index contributed by atoms with van der Waals surface area (Å²) in [7, 11) is 0. The molecule has 14 heavy (non-hydrogen) atoms. The number of nitrogens with zero attached hydrogens (tertiary/aromatic N) is 2. The molecule has 2 unspecified atom stereocenters. The zero-order valence-electron chi connectivity index (χ0n) is 9.63. The summed E-state index contributed by atoms with van der Waals surface area (Å²) in [5, 5.41) is 5.08. The van der Waals surface area contributed by atoms with Gasteiger partial charge in [-0.15, -0.1) is 0 Å². The van der Waals surface area contributed by atoms with Crippen LogP contribution < -0.4 is 0 Å². The highest BCUT2D eigenvalue weighted by atomic mass is 35.5. The molecule has 80 valence electrons. The second-order valence-electron chi connectivity index (χ2n) is 3.99. The van der Waals surface area contributed by atoms with Crippen molar-refractivity contribution in [1.29, 1.82) is 0 Å². The lowest BCUT2D eigenvalue weighted by Gasteiger charge is -2.11. The molecule has 1 heterocycles. The standard InChI is InChI=1S/C9H13ClN2.C2H6/c1-6-5-11-12(8(6)10)9(3)4-7(9)2;1-2/h5,7H,4H2,1-3H3;1-2H3. The maximum atomic E-state index is 6.10. The Kier molecular flexibility index (Phi) is 3.25. The van der Waals surface area contributed by atoms with E-state index in [0.29, 0.717) is 5.92 Å². The smallest absolute Gasteiger partial charge is 0.130 e. The van der Waals surface area contributed by atoms with E-state index in [4.69, 9.17) is 11.6 Å². The summed E-state index contributed by atoms with van der Waals surface area (Å²) >= 11 is 6.10. The third-order valence-electron chi connectivity index (χ3n) is 2.98. The van der Waals surface area contributed by atoms with Gasteiger partial charge in [-0.1, -0.05) is 32.4 Å². The molecule has 1 aromatic heterocycles.